The van der Waals surface area contributed by atoms with E-state index in [1.807, 2.05) is 0 Å². The van der Waals surface area contributed by atoms with E-state index in [9.17, 15) is 13.2 Å². The van der Waals surface area contributed by atoms with Crippen molar-refractivity contribution in [1.29, 1.82) is 0 Å². The summed E-state index contributed by atoms with van der Waals surface area (Å²) in [6.07, 6.45) is 1.14. The first-order valence-electron chi connectivity index (χ1n) is 5.12. The van der Waals surface area contributed by atoms with Gasteiger partial charge in [0.25, 0.3) is 5.91 Å². The molecule has 1 aromatic carbocycles. The van der Waals surface area contributed by atoms with Gasteiger partial charge in [0, 0.05) is 21.2 Å². The van der Waals surface area contributed by atoms with Gasteiger partial charge in [0.15, 0.2) is 0 Å². The van der Waals surface area contributed by atoms with Crippen LogP contribution in [0, 0.1) is 0 Å². The molecule has 0 saturated heterocycles. The average molecular weight is 399 g/mol. The minimum Gasteiger partial charge on any atom is -0.349 e. The molecule has 1 atom stereocenters. The lowest BCUT2D eigenvalue weighted by atomic mass is 10.2. The SMILES string of the molecule is CC(CS(C)(=O)=O)NC(=O)c1ccc(Br)cc1Br. The largest absolute Gasteiger partial charge is 0.349 e. The number of hydrogen-bond acceptors (Lipinski definition) is 3. The van der Waals surface area contributed by atoms with Crippen LogP contribution in [-0.2, 0) is 9.84 Å². The molecule has 0 aliphatic heterocycles. The Morgan fingerprint density at radius 1 is 1.39 bits per heavy atom. The van der Waals surface area contributed by atoms with Crippen LogP contribution in [0.25, 0.3) is 0 Å². The van der Waals surface area contributed by atoms with Crippen LogP contribution in [0.3, 0.4) is 0 Å². The normalized spacial score (nSPS) is 13.1. The van der Waals surface area contributed by atoms with Crippen molar-refractivity contribution in [3.8, 4) is 0 Å². The first kappa shape index (κ1) is 15.7. The molecule has 0 saturated carbocycles. The molecular weight excluding hydrogens is 386 g/mol. The Kier molecular flexibility index (Phi) is 5.36. The van der Waals surface area contributed by atoms with Gasteiger partial charge in [-0.25, -0.2) is 8.42 Å². The molecule has 0 aromatic heterocycles. The van der Waals surface area contributed by atoms with Crippen molar-refractivity contribution in [2.75, 3.05) is 12.0 Å². The molecule has 1 amide bonds. The van der Waals surface area contributed by atoms with Crippen LogP contribution < -0.4 is 5.32 Å². The molecule has 0 bridgehead atoms. The highest BCUT2D eigenvalue weighted by molar-refractivity contribution is 9.11. The van der Waals surface area contributed by atoms with E-state index in [1.165, 1.54) is 0 Å². The number of hydrogen-bond donors (Lipinski definition) is 1. The van der Waals surface area contributed by atoms with E-state index in [2.05, 4.69) is 37.2 Å². The number of nitrogens with one attached hydrogen (secondary N) is 1. The topological polar surface area (TPSA) is 63.2 Å². The third-order valence-electron chi connectivity index (χ3n) is 2.11. The van der Waals surface area contributed by atoms with Crippen LogP contribution in [0.15, 0.2) is 27.1 Å². The summed E-state index contributed by atoms with van der Waals surface area (Å²) in [5, 5.41) is 2.65. The molecule has 18 heavy (non-hydrogen) atoms. The van der Waals surface area contributed by atoms with E-state index < -0.39 is 15.9 Å². The highest BCUT2D eigenvalue weighted by Gasteiger charge is 2.16. The lowest BCUT2D eigenvalue weighted by Crippen LogP contribution is -2.37. The summed E-state index contributed by atoms with van der Waals surface area (Å²) in [7, 11) is -3.10. The van der Waals surface area contributed by atoms with Gasteiger partial charge in [-0.05, 0) is 41.1 Å². The second-order valence-electron chi connectivity index (χ2n) is 4.09. The zero-order chi connectivity index (χ0) is 13.9. The lowest BCUT2D eigenvalue weighted by molar-refractivity contribution is 0.0943. The van der Waals surface area contributed by atoms with Crippen molar-refractivity contribution in [2.45, 2.75) is 13.0 Å². The van der Waals surface area contributed by atoms with Crippen LogP contribution in [0.1, 0.15) is 17.3 Å². The Labute approximate surface area is 123 Å². The quantitative estimate of drug-likeness (QED) is 0.846. The maximum Gasteiger partial charge on any atom is 0.252 e. The van der Waals surface area contributed by atoms with Gasteiger partial charge in [-0.3, -0.25) is 4.79 Å². The molecule has 1 aromatic rings. The standard InChI is InChI=1S/C11H13Br2NO3S/c1-7(6-18(2,16)17)14-11(15)9-4-3-8(12)5-10(9)13/h3-5,7H,6H2,1-2H3,(H,14,15). The second kappa shape index (κ2) is 6.16. The van der Waals surface area contributed by atoms with E-state index >= 15 is 0 Å². The van der Waals surface area contributed by atoms with Gasteiger partial charge in [-0.1, -0.05) is 15.9 Å². The highest BCUT2D eigenvalue weighted by Crippen LogP contribution is 2.21. The minimum absolute atomic E-state index is 0.0765. The lowest BCUT2D eigenvalue weighted by Gasteiger charge is -2.13. The van der Waals surface area contributed by atoms with Crippen LogP contribution in [0.4, 0.5) is 0 Å². The Morgan fingerprint density at radius 2 is 2.00 bits per heavy atom. The number of rotatable bonds is 4. The smallest absolute Gasteiger partial charge is 0.252 e. The second-order valence-corrected chi connectivity index (χ2v) is 8.05. The molecule has 0 heterocycles. The maximum absolute atomic E-state index is 11.9. The number of carbonyl (C=O) groups excluding carboxylic acids is 1. The summed E-state index contributed by atoms with van der Waals surface area (Å²) in [6.45, 7) is 1.66. The average Bonchev–Trinajstić information content (AvgIpc) is 2.13. The molecule has 1 unspecified atom stereocenters. The predicted octanol–water partition coefficient (Wildman–Crippen LogP) is 2.37. The number of amides is 1. The molecule has 0 aliphatic rings. The predicted molar refractivity (Wildman–Crippen MR) is 78.5 cm³/mol. The summed E-state index contributed by atoms with van der Waals surface area (Å²) >= 11 is 6.58. The van der Waals surface area contributed by atoms with E-state index in [0.29, 0.717) is 10.0 Å². The molecule has 0 spiro atoms. The Bertz CT molecular complexity index is 557. The number of carbonyl (C=O) groups is 1. The minimum atomic E-state index is -3.10. The molecule has 1 rings (SSSR count). The van der Waals surface area contributed by atoms with Crippen molar-refractivity contribution in [1.82, 2.24) is 5.32 Å². The van der Waals surface area contributed by atoms with Crippen molar-refractivity contribution in [3.63, 3.8) is 0 Å². The summed E-state index contributed by atoms with van der Waals surface area (Å²) in [4.78, 5) is 11.9. The summed E-state index contributed by atoms with van der Waals surface area (Å²) in [6, 6.07) is 4.75. The first-order chi connectivity index (χ1) is 8.19. The fraction of sp³-hybridized carbons (Fsp3) is 0.364. The van der Waals surface area contributed by atoms with E-state index in [-0.39, 0.29) is 11.7 Å². The number of halogens is 2. The van der Waals surface area contributed by atoms with Crippen molar-refractivity contribution in [2.24, 2.45) is 0 Å². The third kappa shape index (κ3) is 5.07. The molecule has 7 heteroatoms. The first-order valence-corrected chi connectivity index (χ1v) is 8.77. The van der Waals surface area contributed by atoms with Crippen molar-refractivity contribution < 1.29 is 13.2 Å². The third-order valence-corrected chi connectivity index (χ3v) is 4.36. The van der Waals surface area contributed by atoms with Gasteiger partial charge in [0.2, 0.25) is 0 Å². The molecule has 0 aliphatic carbocycles. The monoisotopic (exact) mass is 397 g/mol. The highest BCUT2D eigenvalue weighted by atomic mass is 79.9. The summed E-state index contributed by atoms with van der Waals surface area (Å²) < 4.78 is 23.7. The van der Waals surface area contributed by atoms with E-state index in [4.69, 9.17) is 0 Å². The summed E-state index contributed by atoms with van der Waals surface area (Å²) in [5.41, 5.74) is 0.471. The number of benzene rings is 1. The van der Waals surface area contributed by atoms with Crippen molar-refractivity contribution in [3.05, 3.63) is 32.7 Å². The Morgan fingerprint density at radius 3 is 2.50 bits per heavy atom. The van der Waals surface area contributed by atoms with Crippen LogP contribution in [0.2, 0.25) is 0 Å². The summed E-state index contributed by atoms with van der Waals surface area (Å²) in [5.74, 6) is -0.377. The van der Waals surface area contributed by atoms with Gasteiger partial charge in [0.1, 0.15) is 9.84 Å². The van der Waals surface area contributed by atoms with Gasteiger partial charge in [-0.2, -0.15) is 0 Å². The molecule has 4 nitrogen and oxygen atoms in total. The molecule has 100 valence electrons. The fourth-order valence-corrected chi connectivity index (χ4v) is 3.69. The molecule has 0 radical (unpaired) electrons. The van der Waals surface area contributed by atoms with Crippen LogP contribution in [0.5, 0.6) is 0 Å². The van der Waals surface area contributed by atoms with Crippen molar-refractivity contribution >= 4 is 47.6 Å². The zero-order valence-corrected chi connectivity index (χ0v) is 13.9. The van der Waals surface area contributed by atoms with E-state index in [0.717, 1.165) is 10.7 Å². The molecule has 1 N–H and O–H groups in total. The molecule has 0 fully saturated rings. The Hall–Kier alpha value is -0.400. The van der Waals surface area contributed by atoms with Crippen LogP contribution >= 0.6 is 31.9 Å². The van der Waals surface area contributed by atoms with Gasteiger partial charge in [0.05, 0.1) is 11.3 Å². The van der Waals surface area contributed by atoms with E-state index in [1.54, 1.807) is 25.1 Å². The molecular formula is C11H13Br2NO3S. The van der Waals surface area contributed by atoms with Gasteiger partial charge >= 0.3 is 0 Å². The van der Waals surface area contributed by atoms with Gasteiger partial charge < -0.3 is 5.32 Å². The van der Waals surface area contributed by atoms with Crippen LogP contribution in [-0.4, -0.2) is 32.4 Å². The zero-order valence-electron chi connectivity index (χ0n) is 9.91. The Balaban J connectivity index is 2.77. The fourth-order valence-electron chi connectivity index (χ4n) is 1.47. The maximum atomic E-state index is 11.9. The number of sulfone groups is 1. The van der Waals surface area contributed by atoms with Gasteiger partial charge in [-0.15, -0.1) is 0 Å².